The Morgan fingerprint density at radius 1 is 1.33 bits per heavy atom. The lowest BCUT2D eigenvalue weighted by Gasteiger charge is -2.27. The highest BCUT2D eigenvalue weighted by atomic mass is 32.2. The van der Waals surface area contributed by atoms with E-state index in [1.54, 1.807) is 14.0 Å². The Kier molecular flexibility index (Phi) is 4.78. The van der Waals surface area contributed by atoms with Gasteiger partial charge in [0.1, 0.15) is 5.75 Å². The van der Waals surface area contributed by atoms with E-state index in [1.807, 2.05) is 23.9 Å². The topological polar surface area (TPSA) is 32.7 Å². The number of nitrogens with zero attached hydrogens (tertiary/aromatic N) is 1. The van der Waals surface area contributed by atoms with Gasteiger partial charge in [0, 0.05) is 30.1 Å². The number of rotatable bonds is 3. The predicted octanol–water partition coefficient (Wildman–Crippen LogP) is 2.69. The molecule has 3 nitrogen and oxygen atoms in total. The van der Waals surface area contributed by atoms with Gasteiger partial charge in [0.15, 0.2) is 0 Å². The molecule has 0 unspecified atom stereocenters. The molecule has 1 aliphatic heterocycles. The van der Waals surface area contributed by atoms with Crippen molar-refractivity contribution in [1.82, 2.24) is 0 Å². The van der Waals surface area contributed by atoms with Crippen molar-refractivity contribution < 1.29 is 9.84 Å². The fourth-order valence-electron chi connectivity index (χ4n) is 2.39. The third-order valence-corrected chi connectivity index (χ3v) is 4.29. The van der Waals surface area contributed by atoms with Crippen LogP contribution in [-0.4, -0.2) is 36.8 Å². The maximum atomic E-state index is 10.0. The molecule has 0 bridgehead atoms. The fourth-order valence-corrected chi connectivity index (χ4v) is 3.28. The van der Waals surface area contributed by atoms with Gasteiger partial charge in [0.2, 0.25) is 0 Å². The van der Waals surface area contributed by atoms with E-state index in [2.05, 4.69) is 11.0 Å². The fraction of sp³-hybridized carbons (Fsp3) is 0.571. The minimum Gasteiger partial charge on any atom is -0.496 e. The number of methoxy groups -OCH3 is 1. The van der Waals surface area contributed by atoms with Crippen LogP contribution in [0, 0.1) is 0 Å². The Bertz CT molecular complexity index is 387. The largest absolute Gasteiger partial charge is 0.496 e. The standard InChI is InChI=1S/C14H21NO2S/c1-11(16)14-12(5-3-6-13(14)17-2)15-7-4-9-18-10-8-15/h3,5-6,11,16H,4,7-10H2,1-2H3/t11-/m1/s1. The summed E-state index contributed by atoms with van der Waals surface area (Å²) in [5, 5.41) is 10.0. The summed E-state index contributed by atoms with van der Waals surface area (Å²) in [5.41, 5.74) is 2.03. The molecule has 1 aromatic rings. The molecule has 1 heterocycles. The van der Waals surface area contributed by atoms with Crippen LogP contribution < -0.4 is 9.64 Å². The van der Waals surface area contributed by atoms with Crippen LogP contribution in [0.5, 0.6) is 5.75 Å². The Labute approximate surface area is 113 Å². The van der Waals surface area contributed by atoms with E-state index in [9.17, 15) is 5.11 Å². The van der Waals surface area contributed by atoms with E-state index in [0.717, 1.165) is 35.8 Å². The van der Waals surface area contributed by atoms with Crippen molar-refractivity contribution in [3.05, 3.63) is 23.8 Å². The summed E-state index contributed by atoms with van der Waals surface area (Å²) in [6, 6.07) is 6.00. The number of ether oxygens (including phenoxy) is 1. The summed E-state index contributed by atoms with van der Waals surface area (Å²) in [7, 11) is 1.66. The lowest BCUT2D eigenvalue weighted by Crippen LogP contribution is -2.27. The van der Waals surface area contributed by atoms with E-state index in [1.165, 1.54) is 12.2 Å². The zero-order valence-corrected chi connectivity index (χ0v) is 11.9. The number of benzene rings is 1. The second-order valence-corrected chi connectivity index (χ2v) is 5.75. The molecule has 1 N–H and O–H groups in total. The van der Waals surface area contributed by atoms with Gasteiger partial charge in [-0.05, 0) is 31.2 Å². The Hall–Kier alpha value is -0.870. The van der Waals surface area contributed by atoms with Gasteiger partial charge in [0.25, 0.3) is 0 Å². The first-order chi connectivity index (χ1) is 8.74. The first-order valence-corrected chi connectivity index (χ1v) is 7.57. The molecule has 0 aliphatic carbocycles. The van der Waals surface area contributed by atoms with Crippen molar-refractivity contribution in [2.75, 3.05) is 36.6 Å². The quantitative estimate of drug-likeness (QED) is 0.912. The second-order valence-electron chi connectivity index (χ2n) is 4.52. The van der Waals surface area contributed by atoms with Crippen LogP contribution in [0.25, 0.3) is 0 Å². The maximum absolute atomic E-state index is 10.0. The van der Waals surface area contributed by atoms with Gasteiger partial charge in [0.05, 0.1) is 13.2 Å². The molecule has 4 heteroatoms. The molecule has 1 aliphatic rings. The maximum Gasteiger partial charge on any atom is 0.126 e. The number of hydrogen-bond donors (Lipinski definition) is 1. The molecule has 0 amide bonds. The summed E-state index contributed by atoms with van der Waals surface area (Å²) < 4.78 is 5.38. The molecule has 1 fully saturated rings. The first kappa shape index (κ1) is 13.6. The second kappa shape index (κ2) is 6.34. The number of thioether (sulfide) groups is 1. The summed E-state index contributed by atoms with van der Waals surface area (Å²) in [6.45, 7) is 3.89. The average Bonchev–Trinajstić information content (AvgIpc) is 2.66. The van der Waals surface area contributed by atoms with Crippen LogP contribution >= 0.6 is 11.8 Å². The summed E-state index contributed by atoms with van der Waals surface area (Å²) in [6.07, 6.45) is 0.688. The monoisotopic (exact) mass is 267 g/mol. The van der Waals surface area contributed by atoms with Crippen molar-refractivity contribution >= 4 is 17.4 Å². The van der Waals surface area contributed by atoms with E-state index < -0.39 is 6.10 Å². The average molecular weight is 267 g/mol. The number of anilines is 1. The normalized spacial score (nSPS) is 18.3. The minimum absolute atomic E-state index is 0.507. The van der Waals surface area contributed by atoms with Crippen molar-refractivity contribution in [2.24, 2.45) is 0 Å². The van der Waals surface area contributed by atoms with Gasteiger partial charge in [-0.15, -0.1) is 0 Å². The Balaban J connectivity index is 2.35. The van der Waals surface area contributed by atoms with Gasteiger partial charge in [-0.2, -0.15) is 11.8 Å². The lowest BCUT2D eigenvalue weighted by molar-refractivity contribution is 0.194. The molecule has 0 radical (unpaired) electrons. The molecule has 18 heavy (non-hydrogen) atoms. The number of hydrogen-bond acceptors (Lipinski definition) is 4. The summed E-state index contributed by atoms with van der Waals surface area (Å²) >= 11 is 2.00. The van der Waals surface area contributed by atoms with Crippen molar-refractivity contribution in [3.63, 3.8) is 0 Å². The Morgan fingerprint density at radius 2 is 2.17 bits per heavy atom. The first-order valence-electron chi connectivity index (χ1n) is 6.41. The molecule has 100 valence electrons. The molecular formula is C14H21NO2S. The van der Waals surface area contributed by atoms with Gasteiger partial charge in [-0.25, -0.2) is 0 Å². The number of aliphatic hydroxyl groups is 1. The van der Waals surface area contributed by atoms with E-state index in [0.29, 0.717) is 0 Å². The summed E-state index contributed by atoms with van der Waals surface area (Å²) in [4.78, 5) is 2.37. The molecule has 1 atom stereocenters. The molecule has 1 aromatic carbocycles. The Morgan fingerprint density at radius 3 is 2.89 bits per heavy atom. The van der Waals surface area contributed by atoms with E-state index in [-0.39, 0.29) is 0 Å². The van der Waals surface area contributed by atoms with E-state index in [4.69, 9.17) is 4.74 Å². The summed E-state index contributed by atoms with van der Waals surface area (Å²) in [5.74, 6) is 3.15. The van der Waals surface area contributed by atoms with Crippen molar-refractivity contribution in [2.45, 2.75) is 19.4 Å². The SMILES string of the molecule is COc1cccc(N2CCCSCC2)c1[C@@H](C)O. The van der Waals surface area contributed by atoms with Crippen LogP contribution in [-0.2, 0) is 0 Å². The molecule has 2 rings (SSSR count). The van der Waals surface area contributed by atoms with Gasteiger partial charge < -0.3 is 14.7 Å². The van der Waals surface area contributed by atoms with Crippen LogP contribution in [0.3, 0.4) is 0 Å². The zero-order valence-electron chi connectivity index (χ0n) is 11.1. The van der Waals surface area contributed by atoms with E-state index >= 15 is 0 Å². The van der Waals surface area contributed by atoms with Crippen LogP contribution in [0.1, 0.15) is 25.0 Å². The third-order valence-electron chi connectivity index (χ3n) is 3.24. The highest BCUT2D eigenvalue weighted by molar-refractivity contribution is 7.99. The molecule has 0 saturated carbocycles. The number of aliphatic hydroxyl groups excluding tert-OH is 1. The molecule has 0 spiro atoms. The lowest BCUT2D eigenvalue weighted by atomic mass is 10.1. The smallest absolute Gasteiger partial charge is 0.126 e. The van der Waals surface area contributed by atoms with Crippen LogP contribution in [0.2, 0.25) is 0 Å². The predicted molar refractivity (Wildman–Crippen MR) is 77.8 cm³/mol. The molecular weight excluding hydrogens is 246 g/mol. The van der Waals surface area contributed by atoms with Crippen molar-refractivity contribution in [3.8, 4) is 5.75 Å². The zero-order chi connectivity index (χ0) is 13.0. The van der Waals surface area contributed by atoms with Gasteiger partial charge in [-0.3, -0.25) is 0 Å². The molecule has 1 saturated heterocycles. The third kappa shape index (κ3) is 2.93. The highest BCUT2D eigenvalue weighted by Gasteiger charge is 2.19. The molecule has 0 aromatic heterocycles. The van der Waals surface area contributed by atoms with Crippen LogP contribution in [0.15, 0.2) is 18.2 Å². The van der Waals surface area contributed by atoms with Gasteiger partial charge >= 0.3 is 0 Å². The van der Waals surface area contributed by atoms with Gasteiger partial charge in [-0.1, -0.05) is 6.07 Å². The minimum atomic E-state index is -0.507. The van der Waals surface area contributed by atoms with Crippen LogP contribution in [0.4, 0.5) is 5.69 Å². The highest BCUT2D eigenvalue weighted by Crippen LogP contribution is 2.35. The van der Waals surface area contributed by atoms with Crippen molar-refractivity contribution in [1.29, 1.82) is 0 Å².